The highest BCUT2D eigenvalue weighted by atomic mass is 14.7. The predicted molar refractivity (Wildman–Crippen MR) is 340 cm³/mol. The fourth-order valence-corrected chi connectivity index (χ4v) is 9.67. The third-order valence-corrected chi connectivity index (χ3v) is 13.3. The fourth-order valence-electron chi connectivity index (χ4n) is 9.67. The van der Waals surface area contributed by atoms with Crippen LogP contribution in [0, 0.1) is 5.92 Å². The van der Waals surface area contributed by atoms with Gasteiger partial charge in [-0.05, 0) is 161 Å². The van der Waals surface area contributed by atoms with Gasteiger partial charge in [-0.1, -0.05) is 253 Å². The van der Waals surface area contributed by atoms with Crippen LogP contribution in [0.1, 0.15) is 95.9 Å². The number of hydrogen-bond donors (Lipinski definition) is 3. The minimum absolute atomic E-state index is 0.187. The second-order valence-corrected chi connectivity index (χ2v) is 18.4. The Morgan fingerprint density at radius 1 is 0.711 bits per heavy atom. The van der Waals surface area contributed by atoms with Crippen molar-refractivity contribution in [2.45, 2.75) is 91.5 Å². The highest BCUT2D eigenvalue weighted by Crippen LogP contribution is 2.55. The summed E-state index contributed by atoms with van der Waals surface area (Å²) in [6, 6.07) is 46.4. The molecule has 0 bridgehead atoms. The first-order chi connectivity index (χ1) is 37.2. The molecule has 3 aliphatic carbocycles. The van der Waals surface area contributed by atoms with Gasteiger partial charge in [0.2, 0.25) is 0 Å². The lowest BCUT2D eigenvalue weighted by molar-refractivity contribution is 0.475. The van der Waals surface area contributed by atoms with Crippen LogP contribution in [0.4, 0.5) is 5.69 Å². The molecule has 0 spiro atoms. The lowest BCUT2D eigenvalue weighted by Gasteiger charge is -2.36. The van der Waals surface area contributed by atoms with E-state index >= 15 is 0 Å². The van der Waals surface area contributed by atoms with E-state index in [1.165, 1.54) is 83.8 Å². The third-order valence-electron chi connectivity index (χ3n) is 13.3. The van der Waals surface area contributed by atoms with E-state index in [1.54, 1.807) is 6.08 Å². The first kappa shape index (κ1) is 60.6. The first-order valence-corrected chi connectivity index (χ1v) is 27.1. The molecule has 0 aliphatic heterocycles. The number of hydrogen-bond acceptors (Lipinski definition) is 3. The molecule has 3 heteroatoms. The standard InChI is InChI=1S/C47H45N.C13H15N.C7H10.C2H5N.C2H6.C2H4/c1-3-5-7-13-29-47(45(48)24-6-4-2)43-28-26-36-19-11-12-23-41(36)46(43)42-27-25-40(33-44(42)47)39-22-15-21-38(32-39)37-20-14-18-35(31-37)30-34-16-9-8-10-17-34;1-10-2-4-11(5-3-10)12-6-8-13(14)9-7-12;1-3-5-7-6-4-2;1-2-3;2*1-2/h3,5-9,11-16,18-28,31-33,45H,4,10,17,29-30,48H2,1-2H3;2,4-10H,3,14H2,1H3;3-7H,1H2,2H3;2H,1,3H2;1-2H3;1-2H2/b5-3-,13-7-,24-6-;;6-4-,7-5-;;;/t;10-;;;;/m.1..../s1. The molecule has 6 aromatic carbocycles. The summed E-state index contributed by atoms with van der Waals surface area (Å²) in [6.07, 6.45) is 43.6. The monoisotopic (exact) mass is 1000 g/mol. The molecule has 2 unspecified atom stereocenters. The maximum absolute atomic E-state index is 7.31. The number of allylic oxidation sites excluding steroid dienone is 18. The van der Waals surface area contributed by atoms with Crippen LogP contribution in [0.3, 0.4) is 0 Å². The summed E-state index contributed by atoms with van der Waals surface area (Å²) < 4.78 is 0. The van der Waals surface area contributed by atoms with Gasteiger partial charge in [0.15, 0.2) is 0 Å². The number of nitrogen functional groups attached to an aromatic ring is 1. The van der Waals surface area contributed by atoms with Crippen LogP contribution < -0.4 is 17.2 Å². The van der Waals surface area contributed by atoms with Gasteiger partial charge in [-0.25, -0.2) is 0 Å². The molecule has 3 nitrogen and oxygen atoms in total. The van der Waals surface area contributed by atoms with E-state index in [0.29, 0.717) is 5.92 Å². The van der Waals surface area contributed by atoms with Crippen molar-refractivity contribution in [3.63, 3.8) is 0 Å². The van der Waals surface area contributed by atoms with Crippen LogP contribution in [0.15, 0.2) is 269 Å². The molecule has 9 rings (SSSR count). The van der Waals surface area contributed by atoms with Crippen LogP contribution in [0.25, 0.3) is 49.7 Å². The average molecular weight is 1000 g/mol. The molecule has 392 valence electrons. The summed E-state index contributed by atoms with van der Waals surface area (Å²) in [5, 5.41) is 2.55. The molecular formula is C73H85N3. The Kier molecular flexibility index (Phi) is 26.3. The smallest absolute Gasteiger partial charge is 0.0436 e. The van der Waals surface area contributed by atoms with Gasteiger partial charge in [0.05, 0.1) is 0 Å². The molecule has 0 aromatic heterocycles. The average Bonchev–Trinajstić information content (AvgIpc) is 3.76. The number of fused-ring (bicyclic) bond motifs is 5. The van der Waals surface area contributed by atoms with E-state index in [-0.39, 0.29) is 6.04 Å². The van der Waals surface area contributed by atoms with Crippen molar-refractivity contribution in [2.24, 2.45) is 17.4 Å². The largest absolute Gasteiger partial charge is 0.405 e. The Bertz CT molecular complexity index is 3050. The summed E-state index contributed by atoms with van der Waals surface area (Å²) in [6.45, 7) is 25.1. The second-order valence-electron chi connectivity index (χ2n) is 18.4. The van der Waals surface area contributed by atoms with Gasteiger partial charge >= 0.3 is 0 Å². The van der Waals surface area contributed by atoms with Gasteiger partial charge < -0.3 is 17.2 Å². The molecule has 0 fully saturated rings. The van der Waals surface area contributed by atoms with Crippen LogP contribution in [0.5, 0.6) is 0 Å². The van der Waals surface area contributed by atoms with Gasteiger partial charge in [-0.2, -0.15) is 0 Å². The number of rotatable bonds is 13. The zero-order valence-electron chi connectivity index (χ0n) is 46.5. The van der Waals surface area contributed by atoms with Crippen LogP contribution in [-0.4, -0.2) is 6.04 Å². The van der Waals surface area contributed by atoms with Crippen molar-refractivity contribution in [3.05, 3.63) is 291 Å². The predicted octanol–water partition coefficient (Wildman–Crippen LogP) is 19.5. The zero-order valence-corrected chi connectivity index (χ0v) is 46.5. The second kappa shape index (κ2) is 33.0. The fraction of sp³-hybridized carbons (Fsp3) is 0.205. The van der Waals surface area contributed by atoms with Crippen molar-refractivity contribution >= 4 is 22.0 Å². The van der Waals surface area contributed by atoms with Crippen molar-refractivity contribution in [2.75, 3.05) is 5.73 Å². The van der Waals surface area contributed by atoms with E-state index < -0.39 is 5.41 Å². The Labute approximate surface area is 458 Å². The summed E-state index contributed by atoms with van der Waals surface area (Å²) in [7, 11) is 0. The van der Waals surface area contributed by atoms with Gasteiger partial charge in [-0.15, -0.1) is 13.2 Å². The lowest BCUT2D eigenvalue weighted by atomic mass is 9.69. The molecule has 76 heavy (non-hydrogen) atoms. The van der Waals surface area contributed by atoms with E-state index in [4.69, 9.17) is 11.5 Å². The summed E-state index contributed by atoms with van der Waals surface area (Å²) in [5.74, 6) is 0.674. The van der Waals surface area contributed by atoms with E-state index in [9.17, 15) is 0 Å². The number of nitrogens with two attached hydrogens (primary N) is 3. The first-order valence-electron chi connectivity index (χ1n) is 27.1. The SMILES string of the molecule is C/C=C\C=C/CC1(C(N)/C=C\CC)c2cc(-c3cccc(-c4cccc(CC5=CC=CCC5)c4)c3)ccc2-c2c1ccc1ccccc21.C=C.C=C/C=C\C=C/C.C=CN.CC.C[C@@H]1C=CC(c2ccc(N)cc2)=CC1. The molecule has 3 aliphatic rings. The van der Waals surface area contributed by atoms with Crippen LogP contribution in [0.2, 0.25) is 0 Å². The molecule has 6 N–H and O–H groups in total. The highest BCUT2D eigenvalue weighted by molar-refractivity contribution is 6.03. The van der Waals surface area contributed by atoms with Crippen molar-refractivity contribution in [1.82, 2.24) is 0 Å². The van der Waals surface area contributed by atoms with E-state index in [1.807, 2.05) is 57.2 Å². The minimum Gasteiger partial charge on any atom is -0.405 e. The van der Waals surface area contributed by atoms with Crippen LogP contribution >= 0.6 is 0 Å². The molecule has 0 heterocycles. The Morgan fingerprint density at radius 2 is 1.37 bits per heavy atom. The maximum atomic E-state index is 7.31. The van der Waals surface area contributed by atoms with Crippen molar-refractivity contribution in [3.8, 4) is 33.4 Å². The van der Waals surface area contributed by atoms with Gasteiger partial charge in [0.25, 0.3) is 0 Å². The number of anilines is 1. The van der Waals surface area contributed by atoms with E-state index in [2.05, 4.69) is 241 Å². The minimum atomic E-state index is -0.399. The summed E-state index contributed by atoms with van der Waals surface area (Å²) in [5.41, 5.74) is 33.6. The summed E-state index contributed by atoms with van der Waals surface area (Å²) in [4.78, 5) is 0. The van der Waals surface area contributed by atoms with Gasteiger partial charge in [-0.3, -0.25) is 0 Å². The molecule has 0 amide bonds. The number of benzene rings is 6. The molecule has 3 atom stereocenters. The summed E-state index contributed by atoms with van der Waals surface area (Å²) >= 11 is 0. The maximum Gasteiger partial charge on any atom is 0.0436 e. The topological polar surface area (TPSA) is 78.1 Å². The zero-order chi connectivity index (χ0) is 55.1. The Hall–Kier alpha value is -7.98. The van der Waals surface area contributed by atoms with Crippen molar-refractivity contribution in [1.29, 1.82) is 0 Å². The van der Waals surface area contributed by atoms with Crippen LogP contribution in [-0.2, 0) is 11.8 Å². The van der Waals surface area contributed by atoms with E-state index in [0.717, 1.165) is 44.2 Å². The normalized spacial score (nSPS) is 16.3. The van der Waals surface area contributed by atoms with Gasteiger partial charge in [0.1, 0.15) is 0 Å². The lowest BCUT2D eigenvalue weighted by Crippen LogP contribution is -2.43. The molecule has 0 saturated heterocycles. The third kappa shape index (κ3) is 16.5. The van der Waals surface area contributed by atoms with Gasteiger partial charge in [0, 0.05) is 17.1 Å². The molecule has 6 aromatic rings. The quantitative estimate of drug-likeness (QED) is 0.0613. The Balaban J connectivity index is 0.000000365. The Morgan fingerprint density at radius 3 is 2.01 bits per heavy atom. The molecule has 0 radical (unpaired) electrons. The molecular weight excluding hydrogens is 919 g/mol. The highest BCUT2D eigenvalue weighted by Gasteiger charge is 2.46. The van der Waals surface area contributed by atoms with Crippen molar-refractivity contribution < 1.29 is 0 Å². The molecule has 0 saturated carbocycles.